The molecule has 24 heavy (non-hydrogen) atoms. The van der Waals surface area contributed by atoms with Crippen LogP contribution < -0.4 is 15.5 Å². The van der Waals surface area contributed by atoms with E-state index in [1.165, 1.54) is 24.8 Å². The Morgan fingerprint density at radius 3 is 2.79 bits per heavy atom. The van der Waals surface area contributed by atoms with E-state index in [4.69, 9.17) is 0 Å². The van der Waals surface area contributed by atoms with E-state index in [1.54, 1.807) is 6.20 Å². The summed E-state index contributed by atoms with van der Waals surface area (Å²) in [6.45, 7) is 3.09. The van der Waals surface area contributed by atoms with Crippen LogP contribution in [0.15, 0.2) is 36.5 Å². The normalized spacial score (nSPS) is 16.4. The van der Waals surface area contributed by atoms with Crippen molar-refractivity contribution in [3.05, 3.63) is 47.7 Å². The number of hydrogen-bond donors (Lipinski definition) is 2. The van der Waals surface area contributed by atoms with Crippen molar-refractivity contribution in [2.45, 2.75) is 25.7 Å². The second-order valence-corrected chi connectivity index (χ2v) is 6.46. The zero-order valence-electron chi connectivity index (χ0n) is 13.7. The number of piperidine rings is 1. The quantitative estimate of drug-likeness (QED) is 0.910. The number of aromatic nitrogens is 1. The van der Waals surface area contributed by atoms with E-state index in [1.807, 2.05) is 30.3 Å². The number of fused-ring (bicyclic) bond motifs is 1. The van der Waals surface area contributed by atoms with Gasteiger partial charge in [-0.2, -0.15) is 0 Å². The molecule has 124 valence electrons. The third kappa shape index (κ3) is 3.07. The number of nitrogens with zero attached hydrogens (tertiary/aromatic N) is 2. The summed E-state index contributed by atoms with van der Waals surface area (Å²) in [7, 11) is 0. The zero-order chi connectivity index (χ0) is 16.4. The molecule has 5 nitrogen and oxygen atoms in total. The average Bonchev–Trinajstić information content (AvgIpc) is 3.11. The summed E-state index contributed by atoms with van der Waals surface area (Å²) in [5, 5.41) is 6.25. The lowest BCUT2D eigenvalue weighted by molar-refractivity contribution is 0.102. The fraction of sp³-hybridized carbons (Fsp3) is 0.368. The predicted molar refractivity (Wildman–Crippen MR) is 96.9 cm³/mol. The van der Waals surface area contributed by atoms with Crippen LogP contribution in [-0.2, 0) is 6.42 Å². The summed E-state index contributed by atoms with van der Waals surface area (Å²) in [4.78, 5) is 19.2. The lowest BCUT2D eigenvalue weighted by Crippen LogP contribution is -2.30. The maximum atomic E-state index is 12.4. The molecular weight excluding hydrogens is 300 g/mol. The van der Waals surface area contributed by atoms with Gasteiger partial charge in [0.25, 0.3) is 5.91 Å². The molecule has 2 aliphatic rings. The fourth-order valence-electron chi connectivity index (χ4n) is 3.42. The van der Waals surface area contributed by atoms with Crippen molar-refractivity contribution in [3.63, 3.8) is 0 Å². The Bertz CT molecular complexity index is 736. The van der Waals surface area contributed by atoms with Crippen molar-refractivity contribution in [2.75, 3.05) is 35.2 Å². The predicted octanol–water partition coefficient (Wildman–Crippen LogP) is 3.29. The lowest BCUT2D eigenvalue weighted by atomic mass is 10.1. The molecule has 0 bridgehead atoms. The summed E-state index contributed by atoms with van der Waals surface area (Å²) in [5.41, 5.74) is 3.78. The summed E-state index contributed by atoms with van der Waals surface area (Å²) in [5.74, 6) is 0.911. The largest absolute Gasteiger partial charge is 0.384 e. The molecular formula is C19H22N4O. The molecule has 4 rings (SSSR count). The van der Waals surface area contributed by atoms with Crippen LogP contribution in [0.25, 0.3) is 0 Å². The van der Waals surface area contributed by atoms with E-state index in [0.717, 1.165) is 43.2 Å². The minimum atomic E-state index is -0.0859. The third-order valence-corrected chi connectivity index (χ3v) is 4.76. The number of nitrogens with one attached hydrogen (secondary N) is 2. The van der Waals surface area contributed by atoms with E-state index in [2.05, 4.69) is 20.5 Å². The minimum Gasteiger partial charge on any atom is -0.384 e. The Morgan fingerprint density at radius 2 is 2.00 bits per heavy atom. The van der Waals surface area contributed by atoms with Gasteiger partial charge in [0.2, 0.25) is 0 Å². The van der Waals surface area contributed by atoms with Crippen molar-refractivity contribution in [2.24, 2.45) is 0 Å². The Labute approximate surface area is 142 Å². The smallest absolute Gasteiger partial charge is 0.255 e. The third-order valence-electron chi connectivity index (χ3n) is 4.76. The van der Waals surface area contributed by atoms with Crippen LogP contribution in [0.4, 0.5) is 17.2 Å². The topological polar surface area (TPSA) is 57.3 Å². The number of rotatable bonds is 3. The van der Waals surface area contributed by atoms with Crippen molar-refractivity contribution < 1.29 is 4.79 Å². The number of pyridine rings is 1. The first kappa shape index (κ1) is 15.0. The van der Waals surface area contributed by atoms with Gasteiger partial charge in [-0.05, 0) is 61.6 Å². The summed E-state index contributed by atoms with van der Waals surface area (Å²) in [6.07, 6.45) is 6.49. The molecule has 0 unspecified atom stereocenters. The van der Waals surface area contributed by atoms with Gasteiger partial charge in [0, 0.05) is 30.9 Å². The Morgan fingerprint density at radius 1 is 1.12 bits per heavy atom. The number of amides is 1. The van der Waals surface area contributed by atoms with Crippen molar-refractivity contribution in [1.29, 1.82) is 0 Å². The molecule has 1 aromatic carbocycles. The van der Waals surface area contributed by atoms with Crippen LogP contribution in [0.2, 0.25) is 0 Å². The van der Waals surface area contributed by atoms with E-state index in [0.29, 0.717) is 5.56 Å². The molecule has 2 aromatic rings. The number of anilines is 3. The molecule has 2 aliphatic heterocycles. The molecule has 3 heterocycles. The van der Waals surface area contributed by atoms with Gasteiger partial charge in [-0.3, -0.25) is 4.79 Å². The molecule has 0 atom stereocenters. The number of benzene rings is 1. The van der Waals surface area contributed by atoms with Crippen LogP contribution in [-0.4, -0.2) is 30.5 Å². The molecule has 0 aliphatic carbocycles. The summed E-state index contributed by atoms with van der Waals surface area (Å²) >= 11 is 0. The van der Waals surface area contributed by atoms with Crippen LogP contribution in [0.5, 0.6) is 0 Å². The first-order valence-electron chi connectivity index (χ1n) is 8.69. The maximum absolute atomic E-state index is 12.4. The minimum absolute atomic E-state index is 0.0859. The van der Waals surface area contributed by atoms with Gasteiger partial charge >= 0.3 is 0 Å². The Kier molecular flexibility index (Phi) is 4.07. The van der Waals surface area contributed by atoms with Crippen molar-refractivity contribution in [1.82, 2.24) is 4.98 Å². The van der Waals surface area contributed by atoms with Gasteiger partial charge < -0.3 is 15.5 Å². The number of carbonyl (C=O) groups is 1. The zero-order valence-corrected chi connectivity index (χ0v) is 13.7. The maximum Gasteiger partial charge on any atom is 0.255 e. The molecule has 0 radical (unpaired) electrons. The highest BCUT2D eigenvalue weighted by Crippen LogP contribution is 2.24. The highest BCUT2D eigenvalue weighted by Gasteiger charge is 2.15. The van der Waals surface area contributed by atoms with Gasteiger partial charge in [0.15, 0.2) is 0 Å². The first-order chi connectivity index (χ1) is 11.8. The van der Waals surface area contributed by atoms with Crippen LogP contribution in [0.1, 0.15) is 35.2 Å². The highest BCUT2D eigenvalue weighted by molar-refractivity contribution is 6.04. The highest BCUT2D eigenvalue weighted by atomic mass is 16.1. The molecule has 1 amide bonds. The van der Waals surface area contributed by atoms with Gasteiger partial charge in [-0.1, -0.05) is 0 Å². The molecule has 5 heteroatoms. The molecule has 1 saturated heterocycles. The average molecular weight is 322 g/mol. The second kappa shape index (κ2) is 6.51. The molecule has 2 N–H and O–H groups in total. The van der Waals surface area contributed by atoms with Crippen LogP contribution in [0, 0.1) is 0 Å². The van der Waals surface area contributed by atoms with E-state index >= 15 is 0 Å². The summed E-state index contributed by atoms with van der Waals surface area (Å²) in [6, 6.07) is 9.74. The van der Waals surface area contributed by atoms with E-state index in [9.17, 15) is 4.79 Å². The monoisotopic (exact) mass is 322 g/mol. The molecule has 0 spiro atoms. The number of carbonyl (C=O) groups excluding carboxylic acids is 1. The fourth-order valence-corrected chi connectivity index (χ4v) is 3.42. The lowest BCUT2D eigenvalue weighted by Gasteiger charge is -2.27. The molecule has 1 aromatic heterocycles. The van der Waals surface area contributed by atoms with Gasteiger partial charge in [-0.15, -0.1) is 0 Å². The van der Waals surface area contributed by atoms with Gasteiger partial charge in [0.05, 0.1) is 11.9 Å². The Hall–Kier alpha value is -2.56. The van der Waals surface area contributed by atoms with E-state index < -0.39 is 0 Å². The van der Waals surface area contributed by atoms with Gasteiger partial charge in [-0.25, -0.2) is 4.98 Å². The SMILES string of the molecule is O=C(Nc1ccc(N2CCCCC2)nc1)c1ccc2c(c1)CCN2. The van der Waals surface area contributed by atoms with Gasteiger partial charge in [0.1, 0.15) is 5.82 Å². The van der Waals surface area contributed by atoms with E-state index in [-0.39, 0.29) is 5.91 Å². The van der Waals surface area contributed by atoms with Crippen LogP contribution >= 0.6 is 0 Å². The number of hydrogen-bond acceptors (Lipinski definition) is 4. The van der Waals surface area contributed by atoms with Crippen molar-refractivity contribution >= 4 is 23.1 Å². The van der Waals surface area contributed by atoms with Crippen LogP contribution in [0.3, 0.4) is 0 Å². The first-order valence-corrected chi connectivity index (χ1v) is 8.69. The molecule has 0 saturated carbocycles. The standard InChI is InChI=1S/C19H22N4O/c24-19(15-4-6-17-14(12-15)8-9-20-17)22-16-5-7-18(21-13-16)23-10-2-1-3-11-23/h4-7,12-13,20H,1-3,8-11H2,(H,22,24). The second-order valence-electron chi connectivity index (χ2n) is 6.46. The Balaban J connectivity index is 1.44. The summed E-state index contributed by atoms with van der Waals surface area (Å²) < 4.78 is 0. The van der Waals surface area contributed by atoms with Crippen molar-refractivity contribution in [3.8, 4) is 0 Å². The molecule has 1 fully saturated rings.